The van der Waals surface area contributed by atoms with Gasteiger partial charge in [0.15, 0.2) is 11.5 Å². The maximum absolute atomic E-state index is 11.9. The summed E-state index contributed by atoms with van der Waals surface area (Å²) in [5.41, 5.74) is 0.777. The highest BCUT2D eigenvalue weighted by Crippen LogP contribution is 2.26. The first kappa shape index (κ1) is 14.7. The standard InChI is InChI=1S/C14H13ClN4O3/c1-2-7-5-10-9(6-8(7)15)16-11-12(19(10)3-4-20)17-14(22)18-13(11)21/h5-6,20H,2-4H2,1H3,(H,18,21,22). The van der Waals surface area contributed by atoms with Gasteiger partial charge in [-0.3, -0.25) is 9.78 Å². The molecule has 0 spiro atoms. The highest BCUT2D eigenvalue weighted by Gasteiger charge is 2.19. The summed E-state index contributed by atoms with van der Waals surface area (Å²) in [5.74, 6) is 0.152. The molecule has 0 atom stereocenters. The number of rotatable bonds is 3. The number of aliphatic hydroxyl groups excluding tert-OH is 1. The van der Waals surface area contributed by atoms with Gasteiger partial charge in [-0.2, -0.15) is 4.98 Å². The van der Waals surface area contributed by atoms with Crippen molar-refractivity contribution in [2.24, 2.45) is 0 Å². The molecule has 2 aliphatic heterocycles. The van der Waals surface area contributed by atoms with E-state index < -0.39 is 11.2 Å². The number of fused-ring (bicyclic) bond motifs is 2. The molecule has 0 saturated heterocycles. The van der Waals surface area contributed by atoms with Crippen molar-refractivity contribution in [3.05, 3.63) is 43.6 Å². The van der Waals surface area contributed by atoms with Gasteiger partial charge < -0.3 is 9.67 Å². The van der Waals surface area contributed by atoms with Crippen molar-refractivity contribution < 1.29 is 5.11 Å². The van der Waals surface area contributed by atoms with Crippen molar-refractivity contribution in [2.75, 3.05) is 6.61 Å². The number of halogens is 1. The predicted molar refractivity (Wildman–Crippen MR) is 82.5 cm³/mol. The van der Waals surface area contributed by atoms with Crippen LogP contribution >= 0.6 is 11.6 Å². The molecule has 0 radical (unpaired) electrons. The zero-order chi connectivity index (χ0) is 15.9. The van der Waals surface area contributed by atoms with Crippen molar-refractivity contribution >= 4 is 22.6 Å². The summed E-state index contributed by atoms with van der Waals surface area (Å²) < 4.78 is 1.61. The average Bonchev–Trinajstić information content (AvgIpc) is 2.47. The molecule has 7 nitrogen and oxygen atoms in total. The smallest absolute Gasteiger partial charge is 0.349 e. The van der Waals surface area contributed by atoms with Crippen LogP contribution in [0.4, 0.5) is 0 Å². The van der Waals surface area contributed by atoms with Crippen molar-refractivity contribution in [1.82, 2.24) is 19.5 Å². The van der Waals surface area contributed by atoms with Crippen molar-refractivity contribution in [1.29, 1.82) is 0 Å². The maximum atomic E-state index is 11.9. The van der Waals surface area contributed by atoms with Gasteiger partial charge in [-0.05, 0) is 24.1 Å². The summed E-state index contributed by atoms with van der Waals surface area (Å²) in [7, 11) is 0. The van der Waals surface area contributed by atoms with E-state index >= 15 is 0 Å². The highest BCUT2D eigenvalue weighted by atomic mass is 35.5. The monoisotopic (exact) mass is 320 g/mol. The molecule has 0 bridgehead atoms. The molecule has 8 heteroatoms. The Balaban J connectivity index is 2.52. The molecule has 2 heterocycles. The Morgan fingerprint density at radius 2 is 2.09 bits per heavy atom. The lowest BCUT2D eigenvalue weighted by Crippen LogP contribution is -2.29. The van der Waals surface area contributed by atoms with Crippen LogP contribution in [0, 0.1) is 0 Å². The van der Waals surface area contributed by atoms with Crippen LogP contribution in [0.5, 0.6) is 0 Å². The molecule has 0 aromatic heterocycles. The molecular formula is C14H13ClN4O3. The molecule has 0 unspecified atom stereocenters. The second kappa shape index (κ2) is 5.51. The molecule has 2 aliphatic rings. The summed E-state index contributed by atoms with van der Waals surface area (Å²) in [6.45, 7) is 2.00. The second-order valence-electron chi connectivity index (χ2n) is 4.82. The largest absolute Gasteiger partial charge is 0.395 e. The van der Waals surface area contributed by atoms with Crippen molar-refractivity contribution in [3.8, 4) is 11.5 Å². The lowest BCUT2D eigenvalue weighted by Gasteiger charge is -2.16. The molecule has 0 amide bonds. The van der Waals surface area contributed by atoms with Crippen molar-refractivity contribution in [2.45, 2.75) is 19.9 Å². The van der Waals surface area contributed by atoms with E-state index in [9.17, 15) is 14.7 Å². The third-order valence-corrected chi connectivity index (χ3v) is 3.83. The number of nitrogens with zero attached hydrogens (tertiary/aromatic N) is 3. The number of H-pyrrole nitrogens is 1. The SMILES string of the molecule is CCc1cc2c(cc1Cl)nc1c(=O)[nH]c(=O)nc-1n2CCO. The van der Waals surface area contributed by atoms with Gasteiger partial charge in [-0.1, -0.05) is 18.5 Å². The van der Waals surface area contributed by atoms with Crippen LogP contribution in [-0.2, 0) is 13.0 Å². The van der Waals surface area contributed by atoms with E-state index in [1.165, 1.54) is 0 Å². The Morgan fingerprint density at radius 3 is 2.77 bits per heavy atom. The van der Waals surface area contributed by atoms with Crippen LogP contribution in [0.15, 0.2) is 21.7 Å². The summed E-state index contributed by atoms with van der Waals surface area (Å²) in [4.78, 5) is 33.6. The predicted octanol–water partition coefficient (Wildman–Crippen LogP) is 0.793. The number of aryl methyl sites for hydroxylation is 1. The first-order valence-electron chi connectivity index (χ1n) is 6.79. The van der Waals surface area contributed by atoms with Gasteiger partial charge in [-0.15, -0.1) is 0 Å². The van der Waals surface area contributed by atoms with E-state index in [1.807, 2.05) is 13.0 Å². The van der Waals surface area contributed by atoms with Crippen LogP contribution < -0.4 is 11.2 Å². The first-order chi connectivity index (χ1) is 10.5. The Kier molecular flexibility index (Phi) is 3.67. The van der Waals surface area contributed by atoms with Gasteiger partial charge in [0.2, 0.25) is 0 Å². The number of aromatic nitrogens is 4. The van der Waals surface area contributed by atoms with Gasteiger partial charge in [-0.25, -0.2) is 9.78 Å². The van der Waals surface area contributed by atoms with E-state index in [4.69, 9.17) is 11.6 Å². The van der Waals surface area contributed by atoms with E-state index in [0.29, 0.717) is 16.1 Å². The van der Waals surface area contributed by atoms with E-state index in [-0.39, 0.29) is 24.7 Å². The molecule has 0 fully saturated rings. The highest BCUT2D eigenvalue weighted by molar-refractivity contribution is 6.32. The molecular weight excluding hydrogens is 308 g/mol. The zero-order valence-electron chi connectivity index (χ0n) is 11.8. The van der Waals surface area contributed by atoms with Gasteiger partial charge >= 0.3 is 5.69 Å². The van der Waals surface area contributed by atoms with Crippen LogP contribution in [0.25, 0.3) is 22.6 Å². The van der Waals surface area contributed by atoms with Crippen LogP contribution in [-0.4, -0.2) is 31.2 Å². The number of aliphatic hydroxyl groups is 1. The molecule has 114 valence electrons. The lowest BCUT2D eigenvalue weighted by molar-refractivity contribution is 0.278. The summed E-state index contributed by atoms with van der Waals surface area (Å²) in [5, 5.41) is 9.86. The summed E-state index contributed by atoms with van der Waals surface area (Å²) in [6.07, 6.45) is 0.724. The van der Waals surface area contributed by atoms with Gasteiger partial charge in [0.05, 0.1) is 17.6 Å². The van der Waals surface area contributed by atoms with Crippen LogP contribution in [0.3, 0.4) is 0 Å². The zero-order valence-corrected chi connectivity index (χ0v) is 12.5. The Bertz CT molecular complexity index is 947. The minimum absolute atomic E-state index is 0.0425. The number of benzene rings is 1. The van der Waals surface area contributed by atoms with Crippen molar-refractivity contribution in [3.63, 3.8) is 0 Å². The average molecular weight is 321 g/mol. The third kappa shape index (κ3) is 2.28. The Morgan fingerprint density at radius 1 is 1.32 bits per heavy atom. The minimum atomic E-state index is -0.741. The normalized spacial score (nSPS) is 11.4. The first-order valence-corrected chi connectivity index (χ1v) is 7.16. The van der Waals surface area contributed by atoms with E-state index in [2.05, 4.69) is 15.0 Å². The second-order valence-corrected chi connectivity index (χ2v) is 5.22. The molecule has 0 aliphatic carbocycles. The van der Waals surface area contributed by atoms with Gasteiger partial charge in [0.1, 0.15) is 0 Å². The molecule has 1 aromatic rings. The Labute approximate surface area is 129 Å². The van der Waals surface area contributed by atoms with Crippen LogP contribution in [0.1, 0.15) is 12.5 Å². The molecule has 2 N–H and O–H groups in total. The third-order valence-electron chi connectivity index (χ3n) is 3.48. The fraction of sp³-hybridized carbons (Fsp3) is 0.286. The number of nitrogens with one attached hydrogen (secondary N) is 1. The molecule has 1 aromatic carbocycles. The summed E-state index contributed by atoms with van der Waals surface area (Å²) >= 11 is 6.20. The Hall–Kier alpha value is -2.25. The molecule has 22 heavy (non-hydrogen) atoms. The fourth-order valence-electron chi connectivity index (χ4n) is 2.46. The summed E-state index contributed by atoms with van der Waals surface area (Å²) in [6, 6.07) is 3.51. The lowest BCUT2D eigenvalue weighted by atomic mass is 10.1. The van der Waals surface area contributed by atoms with E-state index in [0.717, 1.165) is 12.0 Å². The van der Waals surface area contributed by atoms with Crippen LogP contribution in [0.2, 0.25) is 5.02 Å². The van der Waals surface area contributed by atoms with Gasteiger partial charge in [0.25, 0.3) is 5.56 Å². The fourth-order valence-corrected chi connectivity index (χ4v) is 2.75. The van der Waals surface area contributed by atoms with Gasteiger partial charge in [0, 0.05) is 11.6 Å². The number of aromatic amines is 1. The van der Waals surface area contributed by atoms with E-state index in [1.54, 1.807) is 10.6 Å². The molecule has 0 saturated carbocycles. The quantitative estimate of drug-likeness (QED) is 0.695. The molecule has 3 rings (SSSR count). The number of hydrogen-bond acceptors (Lipinski definition) is 5. The number of hydrogen-bond donors (Lipinski definition) is 2. The maximum Gasteiger partial charge on any atom is 0.349 e. The topological polar surface area (TPSA) is 101 Å². The minimum Gasteiger partial charge on any atom is -0.395 e.